The highest BCUT2D eigenvalue weighted by Gasteiger charge is 2.21. The van der Waals surface area contributed by atoms with Gasteiger partial charge in [0.1, 0.15) is 0 Å². The number of morpholine rings is 1. The fourth-order valence-corrected chi connectivity index (χ4v) is 1.73. The van der Waals surface area contributed by atoms with Crippen molar-refractivity contribution in [1.29, 1.82) is 0 Å². The summed E-state index contributed by atoms with van der Waals surface area (Å²) in [7, 11) is 4.17. The summed E-state index contributed by atoms with van der Waals surface area (Å²) in [5.41, 5.74) is 0. The first-order valence-corrected chi connectivity index (χ1v) is 5.31. The summed E-state index contributed by atoms with van der Waals surface area (Å²) in [6, 6.07) is 0.411. The number of hydrogen-bond acceptors (Lipinski definition) is 4. The van der Waals surface area contributed by atoms with Crippen LogP contribution in [0.25, 0.3) is 0 Å². The molecule has 1 N–H and O–H groups in total. The van der Waals surface area contributed by atoms with Gasteiger partial charge in [0.25, 0.3) is 0 Å². The van der Waals surface area contributed by atoms with Gasteiger partial charge in [-0.15, -0.1) is 0 Å². The number of aliphatic hydroxyl groups is 1. The summed E-state index contributed by atoms with van der Waals surface area (Å²) in [6.07, 6.45) is 0.827. The first kappa shape index (κ1) is 11.9. The van der Waals surface area contributed by atoms with Crippen LogP contribution in [0.5, 0.6) is 0 Å². The maximum atomic E-state index is 8.92. The van der Waals surface area contributed by atoms with Gasteiger partial charge in [-0.25, -0.2) is 0 Å². The molecule has 4 nitrogen and oxygen atoms in total. The minimum Gasteiger partial charge on any atom is -0.396 e. The van der Waals surface area contributed by atoms with Crippen molar-refractivity contribution in [3.8, 4) is 0 Å². The van der Waals surface area contributed by atoms with E-state index in [9.17, 15) is 0 Å². The zero-order chi connectivity index (χ0) is 10.4. The van der Waals surface area contributed by atoms with Crippen LogP contribution >= 0.6 is 0 Å². The van der Waals surface area contributed by atoms with E-state index < -0.39 is 0 Å². The lowest BCUT2D eigenvalue weighted by molar-refractivity contribution is -0.0173. The van der Waals surface area contributed by atoms with Gasteiger partial charge in [0.2, 0.25) is 0 Å². The third-order valence-corrected chi connectivity index (χ3v) is 2.65. The van der Waals surface area contributed by atoms with Gasteiger partial charge in [-0.1, -0.05) is 0 Å². The number of ether oxygens (including phenoxy) is 1. The largest absolute Gasteiger partial charge is 0.396 e. The first-order chi connectivity index (χ1) is 6.74. The van der Waals surface area contributed by atoms with Crippen LogP contribution < -0.4 is 0 Å². The highest BCUT2D eigenvalue weighted by atomic mass is 16.5. The SMILES string of the molecule is CN(C)CCN1CCOCC1CCO. The zero-order valence-corrected chi connectivity index (χ0v) is 9.28. The Balaban J connectivity index is 2.30. The molecule has 0 amide bonds. The van der Waals surface area contributed by atoms with Crippen LogP contribution in [0.1, 0.15) is 6.42 Å². The molecule has 0 bridgehead atoms. The van der Waals surface area contributed by atoms with Crippen molar-refractivity contribution in [3.05, 3.63) is 0 Å². The summed E-state index contributed by atoms with van der Waals surface area (Å²) in [5.74, 6) is 0. The second-order valence-electron chi connectivity index (χ2n) is 4.08. The van der Waals surface area contributed by atoms with Gasteiger partial charge in [0.15, 0.2) is 0 Å². The van der Waals surface area contributed by atoms with Crippen LogP contribution in [-0.2, 0) is 4.74 Å². The topological polar surface area (TPSA) is 35.9 Å². The molecular formula is C10H22N2O2. The van der Waals surface area contributed by atoms with Crippen molar-refractivity contribution in [1.82, 2.24) is 9.80 Å². The lowest BCUT2D eigenvalue weighted by Crippen LogP contribution is -2.48. The second kappa shape index (κ2) is 6.35. The van der Waals surface area contributed by atoms with E-state index in [2.05, 4.69) is 23.9 Å². The Hall–Kier alpha value is -0.160. The van der Waals surface area contributed by atoms with Gasteiger partial charge in [-0.2, -0.15) is 0 Å². The van der Waals surface area contributed by atoms with Crippen molar-refractivity contribution < 1.29 is 9.84 Å². The van der Waals surface area contributed by atoms with Crippen LogP contribution in [0.2, 0.25) is 0 Å². The van der Waals surface area contributed by atoms with Crippen molar-refractivity contribution in [2.45, 2.75) is 12.5 Å². The monoisotopic (exact) mass is 202 g/mol. The molecule has 4 heteroatoms. The molecule has 1 aliphatic rings. The van der Waals surface area contributed by atoms with E-state index >= 15 is 0 Å². The molecule has 0 saturated carbocycles. The van der Waals surface area contributed by atoms with E-state index in [4.69, 9.17) is 9.84 Å². The van der Waals surface area contributed by atoms with Crippen molar-refractivity contribution >= 4 is 0 Å². The van der Waals surface area contributed by atoms with Crippen LogP contribution in [0, 0.1) is 0 Å². The van der Waals surface area contributed by atoms with Crippen LogP contribution in [0.3, 0.4) is 0 Å². The molecule has 1 rings (SSSR count). The van der Waals surface area contributed by atoms with Crippen LogP contribution in [-0.4, -0.2) is 74.5 Å². The smallest absolute Gasteiger partial charge is 0.0623 e. The Bertz CT molecular complexity index is 151. The average Bonchev–Trinajstić information content (AvgIpc) is 2.17. The fraction of sp³-hybridized carbons (Fsp3) is 1.00. The predicted octanol–water partition coefficient (Wildman–Crippen LogP) is -0.369. The summed E-state index contributed by atoms with van der Waals surface area (Å²) >= 11 is 0. The summed E-state index contributed by atoms with van der Waals surface area (Å²) < 4.78 is 5.41. The summed E-state index contributed by atoms with van der Waals surface area (Å²) in [4.78, 5) is 4.60. The molecule has 1 heterocycles. The molecule has 0 aliphatic carbocycles. The van der Waals surface area contributed by atoms with E-state index in [0.717, 1.165) is 39.3 Å². The summed E-state index contributed by atoms with van der Waals surface area (Å²) in [6.45, 7) is 5.00. The van der Waals surface area contributed by atoms with E-state index in [0.29, 0.717) is 6.04 Å². The molecule has 0 aromatic heterocycles. The minimum absolute atomic E-state index is 0.256. The van der Waals surface area contributed by atoms with E-state index in [1.54, 1.807) is 0 Å². The Morgan fingerprint density at radius 3 is 2.93 bits per heavy atom. The normalized spacial score (nSPS) is 24.4. The first-order valence-electron chi connectivity index (χ1n) is 5.31. The lowest BCUT2D eigenvalue weighted by Gasteiger charge is -2.35. The maximum Gasteiger partial charge on any atom is 0.0623 e. The van der Waals surface area contributed by atoms with Crippen LogP contribution in [0.15, 0.2) is 0 Å². The number of likely N-dealkylation sites (N-methyl/N-ethyl adjacent to an activating group) is 1. The molecule has 1 atom stereocenters. The van der Waals surface area contributed by atoms with Crippen molar-refractivity contribution in [2.75, 3.05) is 53.6 Å². The van der Waals surface area contributed by atoms with Gasteiger partial charge >= 0.3 is 0 Å². The quantitative estimate of drug-likeness (QED) is 0.660. The zero-order valence-electron chi connectivity index (χ0n) is 9.28. The number of rotatable bonds is 5. The van der Waals surface area contributed by atoms with E-state index in [-0.39, 0.29) is 6.61 Å². The van der Waals surface area contributed by atoms with Gasteiger partial charge in [-0.05, 0) is 20.5 Å². The second-order valence-corrected chi connectivity index (χ2v) is 4.08. The highest BCUT2D eigenvalue weighted by Crippen LogP contribution is 2.09. The molecule has 84 valence electrons. The van der Waals surface area contributed by atoms with E-state index in [1.807, 2.05) is 0 Å². The third kappa shape index (κ3) is 3.92. The third-order valence-electron chi connectivity index (χ3n) is 2.65. The molecule has 1 fully saturated rings. The molecule has 0 aromatic carbocycles. The van der Waals surface area contributed by atoms with Gasteiger partial charge in [-0.3, -0.25) is 4.90 Å². The Morgan fingerprint density at radius 1 is 1.50 bits per heavy atom. The molecule has 0 spiro atoms. The number of nitrogens with zero attached hydrogens (tertiary/aromatic N) is 2. The lowest BCUT2D eigenvalue weighted by atomic mass is 10.1. The number of hydrogen-bond donors (Lipinski definition) is 1. The van der Waals surface area contributed by atoms with Crippen LogP contribution in [0.4, 0.5) is 0 Å². The van der Waals surface area contributed by atoms with Gasteiger partial charge < -0.3 is 14.7 Å². The van der Waals surface area contributed by atoms with Gasteiger partial charge in [0, 0.05) is 32.3 Å². The van der Waals surface area contributed by atoms with Crippen molar-refractivity contribution in [3.63, 3.8) is 0 Å². The molecule has 1 aliphatic heterocycles. The van der Waals surface area contributed by atoms with Gasteiger partial charge in [0.05, 0.1) is 13.2 Å². The summed E-state index contributed by atoms with van der Waals surface area (Å²) in [5, 5.41) is 8.92. The highest BCUT2D eigenvalue weighted by molar-refractivity contribution is 4.75. The average molecular weight is 202 g/mol. The molecule has 0 aromatic rings. The standard InChI is InChI=1S/C10H22N2O2/c1-11(2)4-5-12-6-8-14-9-10(12)3-7-13/h10,13H,3-9H2,1-2H3. The fourth-order valence-electron chi connectivity index (χ4n) is 1.73. The molecule has 1 unspecified atom stereocenters. The Labute approximate surface area is 86.4 Å². The van der Waals surface area contributed by atoms with Crippen molar-refractivity contribution in [2.24, 2.45) is 0 Å². The number of aliphatic hydroxyl groups excluding tert-OH is 1. The van der Waals surface area contributed by atoms with E-state index in [1.165, 1.54) is 0 Å². The Kier molecular flexibility index (Phi) is 5.40. The molecule has 14 heavy (non-hydrogen) atoms. The molecular weight excluding hydrogens is 180 g/mol. The minimum atomic E-state index is 0.256. The maximum absolute atomic E-state index is 8.92. The molecule has 0 radical (unpaired) electrons. The Morgan fingerprint density at radius 2 is 2.29 bits per heavy atom. The molecule has 1 saturated heterocycles. The predicted molar refractivity (Wildman–Crippen MR) is 56.4 cm³/mol.